The van der Waals surface area contributed by atoms with Crippen LogP contribution in [0.2, 0.25) is 0 Å². The van der Waals surface area contributed by atoms with Gasteiger partial charge in [-0.1, -0.05) is 25.4 Å². The molecule has 2 atom stereocenters. The lowest BCUT2D eigenvalue weighted by Crippen LogP contribution is -2.37. The minimum absolute atomic E-state index is 0.167. The summed E-state index contributed by atoms with van der Waals surface area (Å²) < 4.78 is 10.6. The molecule has 0 aromatic carbocycles. The molecule has 0 bridgehead atoms. The van der Waals surface area contributed by atoms with Crippen molar-refractivity contribution in [2.24, 2.45) is 5.92 Å². The van der Waals surface area contributed by atoms with E-state index in [1.54, 1.807) is 11.8 Å². The number of hydrogen-bond acceptors (Lipinski definition) is 6. The summed E-state index contributed by atoms with van der Waals surface area (Å²) in [6, 6.07) is -0.340. The predicted molar refractivity (Wildman–Crippen MR) is 83.1 cm³/mol. The molecule has 21 heavy (non-hydrogen) atoms. The van der Waals surface area contributed by atoms with Crippen LogP contribution in [0, 0.1) is 5.92 Å². The molecule has 1 aromatic rings. The Balaban J connectivity index is 2.82. The van der Waals surface area contributed by atoms with Crippen molar-refractivity contribution in [2.75, 3.05) is 6.26 Å². The molecule has 1 aromatic heterocycles. The summed E-state index contributed by atoms with van der Waals surface area (Å²) in [5, 5.41) is 6.76. The fraction of sp³-hybridized carbons (Fsp3) is 0.786. The second-order valence-electron chi connectivity index (χ2n) is 5.99. The van der Waals surface area contributed by atoms with Gasteiger partial charge in [0.05, 0.1) is 5.75 Å². The highest BCUT2D eigenvalue weighted by atomic mass is 32.2. The van der Waals surface area contributed by atoms with E-state index in [1.807, 2.05) is 40.9 Å². The molecule has 0 aliphatic carbocycles. The fourth-order valence-electron chi connectivity index (χ4n) is 1.70. The number of nitrogens with zero attached hydrogens (tertiary/aromatic N) is 2. The number of ether oxygens (including phenoxy) is 1. The van der Waals surface area contributed by atoms with Gasteiger partial charge in [0, 0.05) is 0 Å². The van der Waals surface area contributed by atoms with Crippen LogP contribution in [0.3, 0.4) is 0 Å². The molecule has 1 N–H and O–H groups in total. The van der Waals surface area contributed by atoms with Crippen molar-refractivity contribution in [1.29, 1.82) is 0 Å². The largest absolute Gasteiger partial charge is 0.444 e. The van der Waals surface area contributed by atoms with Crippen molar-refractivity contribution in [2.45, 2.75) is 58.4 Å². The minimum atomic E-state index is -0.539. The molecule has 0 spiro atoms. The Morgan fingerprint density at radius 2 is 2.14 bits per heavy atom. The molecule has 1 rings (SSSR count). The summed E-state index contributed by atoms with van der Waals surface area (Å²) >= 11 is 1.62. The maximum Gasteiger partial charge on any atom is 0.408 e. The number of carbonyl (C=O) groups excluding carboxylic acids is 1. The van der Waals surface area contributed by atoms with Crippen LogP contribution in [-0.2, 0) is 10.5 Å². The number of carbonyl (C=O) groups is 1. The first kappa shape index (κ1) is 17.8. The predicted octanol–water partition coefficient (Wildman–Crippen LogP) is 3.54. The Bertz CT molecular complexity index is 457. The molecule has 6 nitrogen and oxygen atoms in total. The standard InChI is InChI=1S/C14H25N3O3S/c1-7-9(2)11(16-13(18)19-14(3,4)5)12-15-10(8-21-6)17-20-12/h9,11H,7-8H2,1-6H3,(H,16,18)/t9-,11-/m0/s1. The third-order valence-electron chi connectivity index (χ3n) is 2.91. The number of rotatable bonds is 6. The van der Waals surface area contributed by atoms with E-state index in [0.717, 1.165) is 6.42 Å². The van der Waals surface area contributed by atoms with Gasteiger partial charge >= 0.3 is 6.09 Å². The Morgan fingerprint density at radius 1 is 1.48 bits per heavy atom. The number of nitrogens with one attached hydrogen (secondary N) is 1. The van der Waals surface area contributed by atoms with Crippen LogP contribution in [-0.4, -0.2) is 28.1 Å². The molecular formula is C14H25N3O3S. The van der Waals surface area contributed by atoms with Gasteiger partial charge in [0.1, 0.15) is 11.6 Å². The van der Waals surface area contributed by atoms with Gasteiger partial charge in [0.15, 0.2) is 5.82 Å². The molecule has 0 saturated carbocycles. The first-order chi connectivity index (χ1) is 9.76. The van der Waals surface area contributed by atoms with Crippen LogP contribution in [0.5, 0.6) is 0 Å². The summed E-state index contributed by atoms with van der Waals surface area (Å²) in [4.78, 5) is 16.3. The summed E-state index contributed by atoms with van der Waals surface area (Å²) in [7, 11) is 0. The molecule has 0 unspecified atom stereocenters. The van der Waals surface area contributed by atoms with Crippen molar-refractivity contribution in [3.8, 4) is 0 Å². The SMILES string of the molecule is CC[C@H](C)[C@H](NC(=O)OC(C)(C)C)c1nc(CSC)no1. The average Bonchev–Trinajstić information content (AvgIpc) is 2.82. The van der Waals surface area contributed by atoms with Crippen LogP contribution in [0.25, 0.3) is 0 Å². The first-order valence-corrected chi connectivity index (χ1v) is 8.47. The van der Waals surface area contributed by atoms with Crippen LogP contribution in [0.15, 0.2) is 4.52 Å². The van der Waals surface area contributed by atoms with Gasteiger partial charge in [0.25, 0.3) is 0 Å². The second-order valence-corrected chi connectivity index (χ2v) is 6.86. The van der Waals surface area contributed by atoms with E-state index in [9.17, 15) is 4.79 Å². The Kier molecular flexibility index (Phi) is 6.51. The number of alkyl carbamates (subject to hydrolysis) is 1. The highest BCUT2D eigenvalue weighted by Gasteiger charge is 2.28. The van der Waals surface area contributed by atoms with Crippen molar-refractivity contribution in [1.82, 2.24) is 15.5 Å². The molecule has 1 heterocycles. The minimum Gasteiger partial charge on any atom is -0.444 e. The number of hydrogen-bond donors (Lipinski definition) is 1. The Morgan fingerprint density at radius 3 is 2.67 bits per heavy atom. The van der Waals surface area contributed by atoms with E-state index in [2.05, 4.69) is 15.5 Å². The fourth-order valence-corrected chi connectivity index (χ4v) is 2.07. The molecule has 0 saturated heterocycles. The van der Waals surface area contributed by atoms with E-state index in [-0.39, 0.29) is 12.0 Å². The molecule has 0 radical (unpaired) electrons. The van der Waals surface area contributed by atoms with Crippen LogP contribution >= 0.6 is 11.8 Å². The van der Waals surface area contributed by atoms with Gasteiger partial charge in [-0.15, -0.1) is 0 Å². The van der Waals surface area contributed by atoms with Crippen LogP contribution in [0.4, 0.5) is 4.79 Å². The third kappa shape index (κ3) is 5.95. The maximum atomic E-state index is 12.0. The van der Waals surface area contributed by atoms with Crippen molar-refractivity contribution in [3.63, 3.8) is 0 Å². The lowest BCUT2D eigenvalue weighted by atomic mass is 9.99. The van der Waals surface area contributed by atoms with E-state index >= 15 is 0 Å². The van der Waals surface area contributed by atoms with Crippen LogP contribution < -0.4 is 5.32 Å². The monoisotopic (exact) mass is 315 g/mol. The maximum absolute atomic E-state index is 12.0. The smallest absolute Gasteiger partial charge is 0.408 e. The lowest BCUT2D eigenvalue weighted by molar-refractivity contribution is 0.0472. The second kappa shape index (κ2) is 7.68. The van der Waals surface area contributed by atoms with E-state index < -0.39 is 11.7 Å². The topological polar surface area (TPSA) is 77.2 Å². The Labute approximate surface area is 130 Å². The first-order valence-electron chi connectivity index (χ1n) is 7.07. The zero-order valence-corrected chi connectivity index (χ0v) is 14.4. The molecule has 1 amide bonds. The highest BCUT2D eigenvalue weighted by molar-refractivity contribution is 7.97. The summed E-state index contributed by atoms with van der Waals surface area (Å²) in [5.41, 5.74) is -0.539. The summed E-state index contributed by atoms with van der Waals surface area (Å²) in [6.07, 6.45) is 2.37. The lowest BCUT2D eigenvalue weighted by Gasteiger charge is -2.24. The van der Waals surface area contributed by atoms with E-state index in [0.29, 0.717) is 17.5 Å². The zero-order chi connectivity index (χ0) is 16.0. The summed E-state index contributed by atoms with van der Waals surface area (Å²) in [6.45, 7) is 9.56. The van der Waals surface area contributed by atoms with Crippen molar-refractivity contribution < 1.29 is 14.1 Å². The molecule has 0 aliphatic rings. The van der Waals surface area contributed by atoms with E-state index in [4.69, 9.17) is 9.26 Å². The van der Waals surface area contributed by atoms with Gasteiger partial charge in [-0.2, -0.15) is 16.7 Å². The Hall–Kier alpha value is -1.24. The van der Waals surface area contributed by atoms with Crippen molar-refractivity contribution >= 4 is 17.9 Å². The molecule has 0 aliphatic heterocycles. The number of thioether (sulfide) groups is 1. The number of amides is 1. The normalized spacial score (nSPS) is 14.6. The van der Waals surface area contributed by atoms with Crippen molar-refractivity contribution in [3.05, 3.63) is 11.7 Å². The third-order valence-corrected chi connectivity index (χ3v) is 3.46. The van der Waals surface area contributed by atoms with Gasteiger partial charge < -0.3 is 14.6 Å². The van der Waals surface area contributed by atoms with Gasteiger partial charge in [0.2, 0.25) is 5.89 Å². The molecule has 120 valence electrons. The van der Waals surface area contributed by atoms with E-state index in [1.165, 1.54) is 0 Å². The van der Waals surface area contributed by atoms with Gasteiger partial charge in [-0.05, 0) is 32.9 Å². The number of aromatic nitrogens is 2. The van der Waals surface area contributed by atoms with Gasteiger partial charge in [-0.3, -0.25) is 0 Å². The zero-order valence-electron chi connectivity index (χ0n) is 13.6. The molecule has 7 heteroatoms. The van der Waals surface area contributed by atoms with Crippen LogP contribution in [0.1, 0.15) is 58.8 Å². The van der Waals surface area contributed by atoms with Gasteiger partial charge in [-0.25, -0.2) is 4.79 Å². The quantitative estimate of drug-likeness (QED) is 0.865. The summed E-state index contributed by atoms with van der Waals surface area (Å²) in [5.74, 6) is 1.92. The average molecular weight is 315 g/mol. The molecule has 0 fully saturated rings. The highest BCUT2D eigenvalue weighted by Crippen LogP contribution is 2.24. The molecular weight excluding hydrogens is 290 g/mol.